The quantitative estimate of drug-likeness (QED) is 0.820. The number of hydrogen-bond donors (Lipinski definition) is 1. The van der Waals surface area contributed by atoms with E-state index < -0.39 is 0 Å². The molecule has 2 bridgehead atoms. The van der Waals surface area contributed by atoms with Crippen LogP contribution in [0.15, 0.2) is 6.20 Å². The first kappa shape index (κ1) is 14.8. The Bertz CT molecular complexity index is 483. The predicted octanol–water partition coefficient (Wildman–Crippen LogP) is 0.757. The van der Waals surface area contributed by atoms with E-state index in [-0.39, 0.29) is 30.1 Å². The van der Waals surface area contributed by atoms with Crippen molar-refractivity contribution in [3.8, 4) is 0 Å². The Morgan fingerprint density at radius 1 is 1.45 bits per heavy atom. The molecule has 0 aromatic carbocycles. The Balaban J connectivity index is 2.12. The zero-order chi connectivity index (χ0) is 14.5. The van der Waals surface area contributed by atoms with Gasteiger partial charge in [-0.3, -0.25) is 14.3 Å². The molecule has 1 aliphatic rings. The molecule has 6 nitrogen and oxygen atoms in total. The second-order valence-electron chi connectivity index (χ2n) is 5.58. The number of aromatic nitrogens is 3. The SMILES string of the molecule is CC(=O)C1Cc2cn(nn2)CCCCC(C)C(=O)CN1. The summed E-state index contributed by atoms with van der Waals surface area (Å²) in [4.78, 5) is 23.7. The van der Waals surface area contributed by atoms with Crippen LogP contribution >= 0.6 is 0 Å². The molecule has 0 amide bonds. The lowest BCUT2D eigenvalue weighted by Crippen LogP contribution is -2.41. The van der Waals surface area contributed by atoms with E-state index >= 15 is 0 Å². The highest BCUT2D eigenvalue weighted by atomic mass is 16.1. The highest BCUT2D eigenvalue weighted by Gasteiger charge is 2.20. The van der Waals surface area contributed by atoms with Crippen molar-refractivity contribution < 1.29 is 9.59 Å². The maximum absolute atomic E-state index is 12.0. The van der Waals surface area contributed by atoms with Crippen molar-refractivity contribution >= 4 is 11.6 Å². The van der Waals surface area contributed by atoms with Crippen LogP contribution in [-0.4, -0.2) is 39.1 Å². The van der Waals surface area contributed by atoms with Crippen molar-refractivity contribution in [3.05, 3.63) is 11.9 Å². The lowest BCUT2D eigenvalue weighted by Gasteiger charge is -2.16. The van der Waals surface area contributed by atoms with Gasteiger partial charge >= 0.3 is 0 Å². The Hall–Kier alpha value is -1.56. The number of fused-ring (bicyclic) bond motifs is 2. The van der Waals surface area contributed by atoms with Gasteiger partial charge in [0.05, 0.1) is 18.3 Å². The van der Waals surface area contributed by atoms with Crippen molar-refractivity contribution in [3.63, 3.8) is 0 Å². The Labute approximate surface area is 118 Å². The first-order valence-electron chi connectivity index (χ1n) is 7.22. The van der Waals surface area contributed by atoms with Gasteiger partial charge in [0.1, 0.15) is 11.6 Å². The predicted molar refractivity (Wildman–Crippen MR) is 74.2 cm³/mol. The van der Waals surface area contributed by atoms with Crippen molar-refractivity contribution in [1.82, 2.24) is 20.3 Å². The van der Waals surface area contributed by atoms with Crippen LogP contribution in [0.25, 0.3) is 0 Å². The first-order valence-corrected chi connectivity index (χ1v) is 7.22. The molecule has 0 aliphatic carbocycles. The van der Waals surface area contributed by atoms with Crippen molar-refractivity contribution in [2.45, 2.75) is 52.1 Å². The molecule has 2 rings (SSSR count). The fourth-order valence-electron chi connectivity index (χ4n) is 2.39. The van der Waals surface area contributed by atoms with Crippen LogP contribution in [0.2, 0.25) is 0 Å². The first-order chi connectivity index (χ1) is 9.56. The van der Waals surface area contributed by atoms with Gasteiger partial charge in [0.15, 0.2) is 0 Å². The van der Waals surface area contributed by atoms with E-state index in [1.165, 1.54) is 6.92 Å². The summed E-state index contributed by atoms with van der Waals surface area (Å²) < 4.78 is 1.82. The van der Waals surface area contributed by atoms with Crippen molar-refractivity contribution in [1.29, 1.82) is 0 Å². The minimum atomic E-state index is -0.364. The van der Waals surface area contributed by atoms with E-state index in [1.54, 1.807) is 0 Å². The summed E-state index contributed by atoms with van der Waals surface area (Å²) in [6.07, 6.45) is 5.24. The molecule has 1 aliphatic heterocycles. The monoisotopic (exact) mass is 278 g/mol. The van der Waals surface area contributed by atoms with Crippen LogP contribution in [0, 0.1) is 5.92 Å². The number of hydrogen-bond acceptors (Lipinski definition) is 5. The Kier molecular flexibility index (Phi) is 5.00. The van der Waals surface area contributed by atoms with Crippen LogP contribution < -0.4 is 5.32 Å². The van der Waals surface area contributed by atoms with Crippen LogP contribution in [0.4, 0.5) is 0 Å². The van der Waals surface area contributed by atoms with Crippen LogP contribution in [-0.2, 0) is 22.6 Å². The summed E-state index contributed by atoms with van der Waals surface area (Å²) in [6.45, 7) is 4.55. The maximum atomic E-state index is 12.0. The fourth-order valence-corrected chi connectivity index (χ4v) is 2.39. The summed E-state index contributed by atoms with van der Waals surface area (Å²) in [5.41, 5.74) is 0.789. The van der Waals surface area contributed by atoms with E-state index in [1.807, 2.05) is 17.8 Å². The second-order valence-corrected chi connectivity index (χ2v) is 5.58. The van der Waals surface area contributed by atoms with Gasteiger partial charge in [-0.25, -0.2) is 0 Å². The Morgan fingerprint density at radius 3 is 3.00 bits per heavy atom. The summed E-state index contributed by atoms with van der Waals surface area (Å²) >= 11 is 0. The molecule has 0 saturated carbocycles. The van der Waals surface area contributed by atoms with E-state index in [4.69, 9.17) is 0 Å². The molecule has 110 valence electrons. The molecule has 1 N–H and O–H groups in total. The van der Waals surface area contributed by atoms with Gasteiger partial charge in [-0.15, -0.1) is 5.10 Å². The molecule has 0 spiro atoms. The largest absolute Gasteiger partial charge is 0.300 e. The third kappa shape index (κ3) is 3.96. The number of aryl methyl sites for hydroxylation is 1. The van der Waals surface area contributed by atoms with Gasteiger partial charge < -0.3 is 5.32 Å². The number of Topliss-reactive ketones (excluding diaryl/α,β-unsaturated/α-hetero) is 2. The third-order valence-electron chi connectivity index (χ3n) is 3.84. The number of carbonyl (C=O) groups is 2. The number of nitrogens with one attached hydrogen (secondary N) is 1. The van der Waals surface area contributed by atoms with Gasteiger partial charge in [0, 0.05) is 25.1 Å². The topological polar surface area (TPSA) is 76.9 Å². The smallest absolute Gasteiger partial charge is 0.149 e. The average Bonchev–Trinajstić information content (AvgIpc) is 2.85. The molecule has 0 fully saturated rings. The number of rotatable bonds is 1. The van der Waals surface area contributed by atoms with Gasteiger partial charge in [-0.1, -0.05) is 18.6 Å². The molecule has 1 aromatic heterocycles. The molecule has 2 unspecified atom stereocenters. The molecule has 0 radical (unpaired) electrons. The summed E-state index contributed by atoms with van der Waals surface area (Å²) in [6, 6.07) is -0.364. The standard InChI is InChI=1S/C14H22N4O2/c1-10-5-3-4-6-18-9-12(16-17-18)7-13(11(2)19)15-8-14(10)20/h9-10,13,15H,3-8H2,1-2H3. The molecule has 2 heterocycles. The third-order valence-corrected chi connectivity index (χ3v) is 3.84. The number of ketones is 2. The van der Waals surface area contributed by atoms with Crippen LogP contribution in [0.3, 0.4) is 0 Å². The molecule has 6 heteroatoms. The molecular formula is C14H22N4O2. The van der Waals surface area contributed by atoms with E-state index in [0.717, 1.165) is 31.5 Å². The highest BCUT2D eigenvalue weighted by molar-refractivity contribution is 5.85. The van der Waals surface area contributed by atoms with Gasteiger partial charge in [-0.2, -0.15) is 0 Å². The van der Waals surface area contributed by atoms with E-state index in [0.29, 0.717) is 6.42 Å². The normalized spacial score (nSPS) is 25.4. The zero-order valence-electron chi connectivity index (χ0n) is 12.1. The van der Waals surface area contributed by atoms with Gasteiger partial charge in [-0.05, 0) is 19.8 Å². The van der Waals surface area contributed by atoms with Crippen LogP contribution in [0.1, 0.15) is 38.8 Å². The maximum Gasteiger partial charge on any atom is 0.149 e. The van der Waals surface area contributed by atoms with Crippen molar-refractivity contribution in [2.24, 2.45) is 5.92 Å². The molecule has 1 aromatic rings. The highest BCUT2D eigenvalue weighted by Crippen LogP contribution is 2.11. The minimum absolute atomic E-state index is 0.0230. The average molecular weight is 278 g/mol. The fraction of sp³-hybridized carbons (Fsp3) is 0.714. The minimum Gasteiger partial charge on any atom is -0.300 e. The van der Waals surface area contributed by atoms with Gasteiger partial charge in [0.2, 0.25) is 0 Å². The lowest BCUT2D eigenvalue weighted by molar-refractivity contribution is -0.122. The van der Waals surface area contributed by atoms with Crippen molar-refractivity contribution in [2.75, 3.05) is 6.54 Å². The Morgan fingerprint density at radius 2 is 2.25 bits per heavy atom. The molecule has 20 heavy (non-hydrogen) atoms. The second kappa shape index (κ2) is 6.74. The summed E-state index contributed by atoms with van der Waals surface area (Å²) in [7, 11) is 0. The molecule has 2 atom stereocenters. The lowest BCUT2D eigenvalue weighted by atomic mass is 9.99. The molecular weight excluding hydrogens is 256 g/mol. The van der Waals surface area contributed by atoms with Gasteiger partial charge in [0.25, 0.3) is 0 Å². The van der Waals surface area contributed by atoms with E-state index in [2.05, 4.69) is 15.6 Å². The zero-order valence-corrected chi connectivity index (χ0v) is 12.1. The summed E-state index contributed by atoms with van der Waals surface area (Å²) in [5.74, 6) is 0.243. The summed E-state index contributed by atoms with van der Waals surface area (Å²) in [5, 5.41) is 11.2. The number of nitrogens with zero attached hydrogens (tertiary/aromatic N) is 3. The van der Waals surface area contributed by atoms with Crippen LogP contribution in [0.5, 0.6) is 0 Å². The number of carbonyl (C=O) groups excluding carboxylic acids is 2. The molecule has 0 saturated heterocycles. The van der Waals surface area contributed by atoms with E-state index in [9.17, 15) is 9.59 Å².